The Kier molecular flexibility index (Phi) is 6.16. The van der Waals surface area contributed by atoms with Gasteiger partial charge in [-0.2, -0.15) is 0 Å². The Balaban J connectivity index is 1.28. The van der Waals surface area contributed by atoms with E-state index in [1.165, 1.54) is 33.4 Å². The first kappa shape index (κ1) is 27.4. The van der Waals surface area contributed by atoms with E-state index in [2.05, 4.69) is 146 Å². The molecule has 0 saturated heterocycles. The van der Waals surface area contributed by atoms with E-state index < -0.39 is 0 Å². The molecule has 0 N–H and O–H groups in total. The van der Waals surface area contributed by atoms with Crippen LogP contribution < -0.4 is 4.90 Å². The monoisotopic (exact) mass is 604 g/mol. The number of rotatable bonds is 5. The summed E-state index contributed by atoms with van der Waals surface area (Å²) in [5, 5.41) is 2.17. The van der Waals surface area contributed by atoms with Gasteiger partial charge in [0.25, 0.3) is 0 Å². The van der Waals surface area contributed by atoms with Gasteiger partial charge in [-0.25, -0.2) is 4.98 Å². The topological polar surface area (TPSA) is 29.3 Å². The van der Waals surface area contributed by atoms with Gasteiger partial charge in [0, 0.05) is 39.2 Å². The average molecular weight is 605 g/mol. The number of nitrogens with zero attached hydrogens (tertiary/aromatic N) is 2. The minimum atomic E-state index is -0.0636. The zero-order valence-corrected chi connectivity index (χ0v) is 26.3. The SMILES string of the molecule is CC1(C)c2ccccc2-c2cc(N(c3ccc(-c4ccccc4)cc3)c3cc4oc(-c5ccccc5)nc4c4ccccc34)ccc21. The molecule has 0 bridgehead atoms. The van der Waals surface area contributed by atoms with Crippen molar-refractivity contribution in [2.75, 3.05) is 4.90 Å². The van der Waals surface area contributed by atoms with Gasteiger partial charge in [-0.05, 0) is 69.8 Å². The van der Waals surface area contributed by atoms with E-state index in [0.29, 0.717) is 5.89 Å². The van der Waals surface area contributed by atoms with Crippen molar-refractivity contribution >= 4 is 38.9 Å². The molecule has 47 heavy (non-hydrogen) atoms. The van der Waals surface area contributed by atoms with Gasteiger partial charge in [-0.1, -0.05) is 129 Å². The zero-order valence-electron chi connectivity index (χ0n) is 26.3. The molecule has 1 aliphatic carbocycles. The standard InChI is InChI=1S/C44H32N2O/c1-44(2)38-20-12-11-17-34(38)37-27-33(25-26-39(37)44)46(32-23-21-30(22-24-32)29-13-5-3-6-14-29)40-28-41-42(36-19-10-9-18-35(36)40)45-43(47-41)31-15-7-4-8-16-31/h3-28H,1-2H3. The molecule has 224 valence electrons. The minimum Gasteiger partial charge on any atom is -0.436 e. The molecular weight excluding hydrogens is 572 g/mol. The molecule has 0 atom stereocenters. The number of oxazole rings is 1. The normalized spacial score (nSPS) is 13.1. The molecule has 0 unspecified atom stereocenters. The van der Waals surface area contributed by atoms with Crippen LogP contribution in [0, 0.1) is 0 Å². The maximum atomic E-state index is 6.51. The fraction of sp³-hybridized carbons (Fsp3) is 0.0682. The first-order valence-corrected chi connectivity index (χ1v) is 16.1. The van der Waals surface area contributed by atoms with E-state index in [9.17, 15) is 0 Å². The number of anilines is 3. The Morgan fingerprint density at radius 1 is 0.511 bits per heavy atom. The van der Waals surface area contributed by atoms with Gasteiger partial charge in [-0.15, -0.1) is 0 Å². The highest BCUT2D eigenvalue weighted by Gasteiger charge is 2.35. The number of benzene rings is 7. The Morgan fingerprint density at radius 2 is 1.11 bits per heavy atom. The van der Waals surface area contributed by atoms with Crippen LogP contribution in [0.2, 0.25) is 0 Å². The summed E-state index contributed by atoms with van der Waals surface area (Å²) in [6.07, 6.45) is 0. The van der Waals surface area contributed by atoms with E-state index in [1.807, 2.05) is 30.3 Å². The molecule has 3 heteroatoms. The number of fused-ring (bicyclic) bond motifs is 6. The van der Waals surface area contributed by atoms with E-state index in [4.69, 9.17) is 9.40 Å². The first-order chi connectivity index (χ1) is 23.1. The van der Waals surface area contributed by atoms with Crippen LogP contribution >= 0.6 is 0 Å². The van der Waals surface area contributed by atoms with E-state index >= 15 is 0 Å². The summed E-state index contributed by atoms with van der Waals surface area (Å²) in [4.78, 5) is 7.38. The van der Waals surface area contributed by atoms with Gasteiger partial charge < -0.3 is 9.32 Å². The van der Waals surface area contributed by atoms with Crippen molar-refractivity contribution in [3.8, 4) is 33.7 Å². The number of hydrogen-bond acceptors (Lipinski definition) is 3. The summed E-state index contributed by atoms with van der Waals surface area (Å²) in [5.41, 5.74) is 13.4. The average Bonchev–Trinajstić information content (AvgIpc) is 3.66. The summed E-state index contributed by atoms with van der Waals surface area (Å²) >= 11 is 0. The highest BCUT2D eigenvalue weighted by molar-refractivity contribution is 6.12. The van der Waals surface area contributed by atoms with Gasteiger partial charge in [0.05, 0.1) is 5.69 Å². The third kappa shape index (κ3) is 4.39. The third-order valence-corrected chi connectivity index (χ3v) is 9.70. The van der Waals surface area contributed by atoms with E-state index in [-0.39, 0.29) is 5.41 Å². The fourth-order valence-electron chi connectivity index (χ4n) is 7.33. The molecule has 9 rings (SSSR count). The largest absolute Gasteiger partial charge is 0.436 e. The maximum absolute atomic E-state index is 6.51. The summed E-state index contributed by atoms with van der Waals surface area (Å²) in [7, 11) is 0. The summed E-state index contributed by atoms with van der Waals surface area (Å²) in [6.45, 7) is 4.65. The minimum absolute atomic E-state index is 0.0636. The molecule has 0 aliphatic heterocycles. The molecule has 0 fully saturated rings. The lowest BCUT2D eigenvalue weighted by atomic mass is 9.82. The van der Waals surface area contributed by atoms with Crippen molar-refractivity contribution in [2.24, 2.45) is 0 Å². The summed E-state index contributed by atoms with van der Waals surface area (Å²) in [5.74, 6) is 0.623. The van der Waals surface area contributed by atoms with Gasteiger partial charge in [0.1, 0.15) is 5.52 Å². The maximum Gasteiger partial charge on any atom is 0.227 e. The van der Waals surface area contributed by atoms with Crippen LogP contribution in [-0.2, 0) is 5.41 Å². The predicted molar refractivity (Wildman–Crippen MR) is 195 cm³/mol. The second kappa shape index (κ2) is 10.6. The lowest BCUT2D eigenvalue weighted by molar-refractivity contribution is 0.620. The van der Waals surface area contributed by atoms with Gasteiger partial charge in [-0.3, -0.25) is 0 Å². The van der Waals surface area contributed by atoms with Crippen molar-refractivity contribution < 1.29 is 4.42 Å². The molecule has 3 nitrogen and oxygen atoms in total. The van der Waals surface area contributed by atoms with Gasteiger partial charge in [0.2, 0.25) is 5.89 Å². The molecule has 7 aromatic carbocycles. The van der Waals surface area contributed by atoms with E-state index in [1.54, 1.807) is 0 Å². The Morgan fingerprint density at radius 3 is 1.87 bits per heavy atom. The van der Waals surface area contributed by atoms with Crippen molar-refractivity contribution in [3.63, 3.8) is 0 Å². The summed E-state index contributed by atoms with van der Waals surface area (Å²) in [6, 6.07) is 56.0. The van der Waals surface area contributed by atoms with Crippen LogP contribution in [0.5, 0.6) is 0 Å². The Bertz CT molecular complexity index is 2420. The van der Waals surface area contributed by atoms with Crippen molar-refractivity contribution in [1.29, 1.82) is 0 Å². The van der Waals surface area contributed by atoms with Crippen LogP contribution in [0.3, 0.4) is 0 Å². The van der Waals surface area contributed by atoms with Crippen LogP contribution in [0.1, 0.15) is 25.0 Å². The van der Waals surface area contributed by atoms with Crippen molar-refractivity contribution in [3.05, 3.63) is 169 Å². The lowest BCUT2D eigenvalue weighted by Crippen LogP contribution is -2.15. The first-order valence-electron chi connectivity index (χ1n) is 16.1. The van der Waals surface area contributed by atoms with Crippen LogP contribution in [-0.4, -0.2) is 4.98 Å². The molecule has 8 aromatic rings. The van der Waals surface area contributed by atoms with E-state index in [0.717, 1.165) is 44.5 Å². The van der Waals surface area contributed by atoms with Crippen molar-refractivity contribution in [2.45, 2.75) is 19.3 Å². The second-order valence-corrected chi connectivity index (χ2v) is 12.8. The molecule has 0 radical (unpaired) electrons. The third-order valence-electron chi connectivity index (χ3n) is 9.70. The van der Waals surface area contributed by atoms with Crippen LogP contribution in [0.4, 0.5) is 17.1 Å². The molecular formula is C44H32N2O. The van der Waals surface area contributed by atoms with Crippen LogP contribution in [0.25, 0.3) is 55.6 Å². The Hall–Kier alpha value is -5.93. The van der Waals surface area contributed by atoms with Crippen LogP contribution in [0.15, 0.2) is 162 Å². The lowest BCUT2D eigenvalue weighted by Gasteiger charge is -2.28. The van der Waals surface area contributed by atoms with Gasteiger partial charge in [0.15, 0.2) is 5.58 Å². The fourth-order valence-corrected chi connectivity index (χ4v) is 7.33. The smallest absolute Gasteiger partial charge is 0.227 e. The molecule has 0 amide bonds. The molecule has 1 aromatic heterocycles. The molecule has 0 saturated carbocycles. The predicted octanol–water partition coefficient (Wildman–Crippen LogP) is 12.1. The zero-order chi connectivity index (χ0) is 31.5. The quantitative estimate of drug-likeness (QED) is 0.196. The number of aromatic nitrogens is 1. The molecule has 0 spiro atoms. The molecule has 1 heterocycles. The highest BCUT2D eigenvalue weighted by Crippen LogP contribution is 2.51. The highest BCUT2D eigenvalue weighted by atomic mass is 16.3. The molecule has 1 aliphatic rings. The summed E-state index contributed by atoms with van der Waals surface area (Å²) < 4.78 is 6.51. The second-order valence-electron chi connectivity index (χ2n) is 12.8. The van der Waals surface area contributed by atoms with Crippen molar-refractivity contribution in [1.82, 2.24) is 4.98 Å². The number of hydrogen-bond donors (Lipinski definition) is 0. The van der Waals surface area contributed by atoms with Gasteiger partial charge >= 0.3 is 0 Å². The Labute approximate surface area is 274 Å².